The van der Waals surface area contributed by atoms with Crippen LogP contribution in [0.25, 0.3) is 0 Å². The number of ether oxygens (including phenoxy) is 2. The Morgan fingerprint density at radius 1 is 0.960 bits per heavy atom. The zero-order valence-corrected chi connectivity index (χ0v) is 15.7. The Kier molecular flexibility index (Phi) is 9.42. The highest BCUT2D eigenvalue weighted by Gasteiger charge is 2.01. The van der Waals surface area contributed by atoms with Crippen molar-refractivity contribution in [3.8, 4) is 5.75 Å². The summed E-state index contributed by atoms with van der Waals surface area (Å²) < 4.78 is 11.3. The molecule has 0 unspecified atom stereocenters. The minimum absolute atomic E-state index is 0.481. The van der Waals surface area contributed by atoms with Gasteiger partial charge >= 0.3 is 0 Å². The van der Waals surface area contributed by atoms with E-state index in [4.69, 9.17) is 21.1 Å². The molecule has 0 radical (unpaired) electrons. The van der Waals surface area contributed by atoms with E-state index in [-0.39, 0.29) is 0 Å². The zero-order chi connectivity index (χ0) is 17.7. The second-order valence-electron chi connectivity index (χ2n) is 6.02. The first kappa shape index (κ1) is 19.8. The number of hydrogen-bond acceptors (Lipinski definition) is 3. The second kappa shape index (κ2) is 11.9. The number of unbranched alkanes of at least 4 members (excludes halogenated alkanes) is 1. The molecule has 4 heteroatoms. The molecule has 0 spiro atoms. The first-order valence-electron chi connectivity index (χ1n) is 9.03. The van der Waals surface area contributed by atoms with Crippen LogP contribution in [0.3, 0.4) is 0 Å². The molecule has 0 fully saturated rings. The summed E-state index contributed by atoms with van der Waals surface area (Å²) in [6.07, 6.45) is 3.39. The quantitative estimate of drug-likeness (QED) is 0.526. The van der Waals surface area contributed by atoms with Crippen LogP contribution in [0, 0.1) is 0 Å². The van der Waals surface area contributed by atoms with Crippen molar-refractivity contribution in [2.45, 2.75) is 39.3 Å². The molecule has 0 aliphatic rings. The molecule has 3 nitrogen and oxygen atoms in total. The summed E-state index contributed by atoms with van der Waals surface area (Å²) >= 11 is 6.14. The highest BCUT2D eigenvalue weighted by Crippen LogP contribution is 2.18. The van der Waals surface area contributed by atoms with Gasteiger partial charge in [0, 0.05) is 30.3 Å². The number of nitrogens with one attached hydrogen (secondary N) is 1. The fraction of sp³-hybridized carbons (Fsp3) is 0.429. The van der Waals surface area contributed by atoms with Crippen LogP contribution in [0.15, 0.2) is 48.5 Å². The van der Waals surface area contributed by atoms with Crippen LogP contribution in [-0.4, -0.2) is 19.8 Å². The monoisotopic (exact) mass is 361 g/mol. The standard InChI is InChI=1S/C21H28ClNO2/c1-2-3-14-24-15-6-13-23-16-18-9-11-20(12-10-18)25-17-19-7-4-5-8-21(19)22/h4-5,7-12,23H,2-3,6,13-17H2,1H3. The van der Waals surface area contributed by atoms with Gasteiger partial charge in [0.1, 0.15) is 12.4 Å². The average molecular weight is 362 g/mol. The largest absolute Gasteiger partial charge is 0.489 e. The molecule has 25 heavy (non-hydrogen) atoms. The van der Waals surface area contributed by atoms with Crippen LogP contribution in [0.5, 0.6) is 5.75 Å². The first-order valence-corrected chi connectivity index (χ1v) is 9.41. The van der Waals surface area contributed by atoms with E-state index in [2.05, 4.69) is 24.4 Å². The van der Waals surface area contributed by atoms with Crippen molar-refractivity contribution >= 4 is 11.6 Å². The third kappa shape index (κ3) is 7.91. The third-order valence-corrected chi connectivity index (χ3v) is 4.26. The fourth-order valence-electron chi connectivity index (χ4n) is 2.36. The van der Waals surface area contributed by atoms with E-state index in [9.17, 15) is 0 Å². The summed E-state index contributed by atoms with van der Waals surface area (Å²) in [5, 5.41) is 4.18. The molecule has 1 N–H and O–H groups in total. The normalized spacial score (nSPS) is 10.8. The van der Waals surface area contributed by atoms with E-state index in [0.29, 0.717) is 6.61 Å². The number of halogens is 1. The molecular weight excluding hydrogens is 334 g/mol. The topological polar surface area (TPSA) is 30.5 Å². The van der Waals surface area contributed by atoms with Gasteiger partial charge in [0.25, 0.3) is 0 Å². The smallest absolute Gasteiger partial charge is 0.119 e. The number of hydrogen-bond donors (Lipinski definition) is 1. The Hall–Kier alpha value is -1.55. The number of rotatable bonds is 12. The molecule has 2 aromatic rings. The van der Waals surface area contributed by atoms with Crippen molar-refractivity contribution in [2.24, 2.45) is 0 Å². The van der Waals surface area contributed by atoms with Gasteiger partial charge in [-0.05, 0) is 43.1 Å². The summed E-state index contributed by atoms with van der Waals surface area (Å²) in [7, 11) is 0. The average Bonchev–Trinajstić information content (AvgIpc) is 2.64. The zero-order valence-electron chi connectivity index (χ0n) is 15.0. The molecular formula is C21H28ClNO2. The molecule has 2 aromatic carbocycles. The first-order chi connectivity index (χ1) is 12.3. The lowest BCUT2D eigenvalue weighted by atomic mass is 10.2. The minimum Gasteiger partial charge on any atom is -0.489 e. The van der Waals surface area contributed by atoms with Crippen LogP contribution in [0.4, 0.5) is 0 Å². The highest BCUT2D eigenvalue weighted by molar-refractivity contribution is 6.31. The molecule has 0 aromatic heterocycles. The predicted octanol–water partition coefficient (Wildman–Crippen LogP) is 5.22. The molecule has 0 amide bonds. The van der Waals surface area contributed by atoms with E-state index in [0.717, 1.165) is 55.5 Å². The Morgan fingerprint density at radius 2 is 1.72 bits per heavy atom. The lowest BCUT2D eigenvalue weighted by Crippen LogP contribution is -2.16. The molecule has 2 rings (SSSR count). The van der Waals surface area contributed by atoms with Gasteiger partial charge in [0.2, 0.25) is 0 Å². The molecule has 136 valence electrons. The van der Waals surface area contributed by atoms with Crippen molar-refractivity contribution in [1.29, 1.82) is 0 Å². The summed E-state index contributed by atoms with van der Waals surface area (Å²) in [4.78, 5) is 0. The molecule has 0 atom stereocenters. The predicted molar refractivity (Wildman–Crippen MR) is 104 cm³/mol. The maximum atomic E-state index is 6.14. The Labute approximate surface area is 156 Å². The fourth-order valence-corrected chi connectivity index (χ4v) is 2.55. The van der Waals surface area contributed by atoms with Gasteiger partial charge in [0.15, 0.2) is 0 Å². The van der Waals surface area contributed by atoms with Crippen molar-refractivity contribution < 1.29 is 9.47 Å². The van der Waals surface area contributed by atoms with E-state index in [1.165, 1.54) is 12.0 Å². The maximum Gasteiger partial charge on any atom is 0.119 e. The maximum absolute atomic E-state index is 6.14. The summed E-state index contributed by atoms with van der Waals surface area (Å²) in [6, 6.07) is 15.9. The van der Waals surface area contributed by atoms with Crippen LogP contribution in [-0.2, 0) is 17.9 Å². The van der Waals surface area contributed by atoms with Crippen molar-refractivity contribution in [1.82, 2.24) is 5.32 Å². The minimum atomic E-state index is 0.481. The molecule has 0 aliphatic heterocycles. The van der Waals surface area contributed by atoms with Gasteiger partial charge < -0.3 is 14.8 Å². The Balaban J connectivity index is 1.62. The van der Waals surface area contributed by atoms with E-state index >= 15 is 0 Å². The van der Waals surface area contributed by atoms with E-state index < -0.39 is 0 Å². The van der Waals surface area contributed by atoms with Gasteiger partial charge in [-0.1, -0.05) is 55.3 Å². The van der Waals surface area contributed by atoms with E-state index in [1.807, 2.05) is 36.4 Å². The van der Waals surface area contributed by atoms with Crippen LogP contribution >= 0.6 is 11.6 Å². The van der Waals surface area contributed by atoms with Gasteiger partial charge in [-0.3, -0.25) is 0 Å². The van der Waals surface area contributed by atoms with Crippen molar-refractivity contribution in [2.75, 3.05) is 19.8 Å². The summed E-state index contributed by atoms with van der Waals surface area (Å²) in [6.45, 7) is 6.21. The third-order valence-electron chi connectivity index (χ3n) is 3.89. The molecule has 0 bridgehead atoms. The molecule has 0 saturated heterocycles. The molecule has 0 saturated carbocycles. The van der Waals surface area contributed by atoms with Crippen molar-refractivity contribution in [3.63, 3.8) is 0 Å². The summed E-state index contributed by atoms with van der Waals surface area (Å²) in [5.41, 5.74) is 2.24. The SMILES string of the molecule is CCCCOCCCNCc1ccc(OCc2ccccc2Cl)cc1. The highest BCUT2D eigenvalue weighted by atomic mass is 35.5. The van der Waals surface area contributed by atoms with Crippen LogP contribution in [0.2, 0.25) is 5.02 Å². The van der Waals surface area contributed by atoms with Crippen LogP contribution in [0.1, 0.15) is 37.3 Å². The number of benzene rings is 2. The Morgan fingerprint density at radius 3 is 2.48 bits per heavy atom. The lowest BCUT2D eigenvalue weighted by Gasteiger charge is -2.09. The molecule has 0 heterocycles. The van der Waals surface area contributed by atoms with Gasteiger partial charge in [-0.25, -0.2) is 0 Å². The second-order valence-corrected chi connectivity index (χ2v) is 6.43. The Bertz CT molecular complexity index is 601. The lowest BCUT2D eigenvalue weighted by molar-refractivity contribution is 0.129. The van der Waals surface area contributed by atoms with Crippen molar-refractivity contribution in [3.05, 3.63) is 64.7 Å². The van der Waals surface area contributed by atoms with E-state index in [1.54, 1.807) is 0 Å². The van der Waals surface area contributed by atoms with Crippen LogP contribution < -0.4 is 10.1 Å². The van der Waals surface area contributed by atoms with Gasteiger partial charge in [0.05, 0.1) is 0 Å². The van der Waals surface area contributed by atoms with Gasteiger partial charge in [-0.2, -0.15) is 0 Å². The molecule has 0 aliphatic carbocycles. The summed E-state index contributed by atoms with van der Waals surface area (Å²) in [5.74, 6) is 0.855. The van der Waals surface area contributed by atoms with Gasteiger partial charge in [-0.15, -0.1) is 0 Å².